The van der Waals surface area contributed by atoms with E-state index in [1.54, 1.807) is 14.2 Å². The average molecular weight is 287 g/mol. The van der Waals surface area contributed by atoms with Gasteiger partial charge in [0, 0.05) is 39.4 Å². The Kier molecular flexibility index (Phi) is 8.64. The molecule has 1 aliphatic rings. The van der Waals surface area contributed by atoms with E-state index in [9.17, 15) is 0 Å². The van der Waals surface area contributed by atoms with Crippen LogP contribution in [0.5, 0.6) is 0 Å². The number of methoxy groups -OCH3 is 2. The molecule has 0 saturated carbocycles. The summed E-state index contributed by atoms with van der Waals surface area (Å²) >= 11 is 0. The third-order valence-electron chi connectivity index (χ3n) is 4.51. The standard InChI is InChI=1S/C15H33N3O2/c1-4-7-17-8-5-15(14-16,6-9-17)18(10-12-19-2)11-13-20-3/h4-14,16H2,1-3H3. The summed E-state index contributed by atoms with van der Waals surface area (Å²) in [5, 5.41) is 0. The van der Waals surface area contributed by atoms with Gasteiger partial charge in [0.25, 0.3) is 0 Å². The van der Waals surface area contributed by atoms with Gasteiger partial charge in [-0.05, 0) is 38.9 Å². The molecule has 0 aliphatic carbocycles. The molecule has 2 N–H and O–H groups in total. The van der Waals surface area contributed by atoms with Gasteiger partial charge in [-0.1, -0.05) is 6.92 Å². The maximum Gasteiger partial charge on any atom is 0.0589 e. The molecule has 1 heterocycles. The summed E-state index contributed by atoms with van der Waals surface area (Å²) in [4.78, 5) is 5.04. The van der Waals surface area contributed by atoms with Crippen molar-refractivity contribution in [2.24, 2.45) is 5.73 Å². The van der Waals surface area contributed by atoms with E-state index in [-0.39, 0.29) is 5.54 Å². The molecule has 0 aromatic heterocycles. The molecule has 5 heteroatoms. The van der Waals surface area contributed by atoms with Crippen LogP contribution >= 0.6 is 0 Å². The monoisotopic (exact) mass is 287 g/mol. The molecule has 0 spiro atoms. The van der Waals surface area contributed by atoms with Crippen LogP contribution < -0.4 is 5.73 Å². The Morgan fingerprint density at radius 1 is 1.10 bits per heavy atom. The lowest BCUT2D eigenvalue weighted by Gasteiger charge is -2.48. The Hall–Kier alpha value is -0.200. The van der Waals surface area contributed by atoms with Crippen molar-refractivity contribution in [3.8, 4) is 0 Å². The largest absolute Gasteiger partial charge is 0.383 e. The molecule has 0 amide bonds. The van der Waals surface area contributed by atoms with Gasteiger partial charge in [0.15, 0.2) is 0 Å². The van der Waals surface area contributed by atoms with Crippen molar-refractivity contribution in [1.29, 1.82) is 0 Å². The summed E-state index contributed by atoms with van der Waals surface area (Å²) in [7, 11) is 3.51. The highest BCUT2D eigenvalue weighted by Crippen LogP contribution is 2.28. The van der Waals surface area contributed by atoms with Crippen molar-refractivity contribution in [3.05, 3.63) is 0 Å². The van der Waals surface area contributed by atoms with Crippen LogP contribution in [0.25, 0.3) is 0 Å². The van der Waals surface area contributed by atoms with Crippen molar-refractivity contribution in [2.75, 3.05) is 66.7 Å². The zero-order valence-corrected chi connectivity index (χ0v) is 13.6. The summed E-state index contributed by atoms with van der Waals surface area (Å²) in [5.74, 6) is 0. The molecule has 120 valence electrons. The molecule has 0 aromatic rings. The molecule has 0 atom stereocenters. The molecule has 20 heavy (non-hydrogen) atoms. The highest BCUT2D eigenvalue weighted by atomic mass is 16.5. The van der Waals surface area contributed by atoms with Gasteiger partial charge < -0.3 is 20.1 Å². The fourth-order valence-corrected chi connectivity index (χ4v) is 3.15. The third kappa shape index (κ3) is 4.97. The van der Waals surface area contributed by atoms with Gasteiger partial charge >= 0.3 is 0 Å². The van der Waals surface area contributed by atoms with E-state index in [0.717, 1.165) is 58.8 Å². The number of likely N-dealkylation sites (tertiary alicyclic amines) is 1. The fourth-order valence-electron chi connectivity index (χ4n) is 3.15. The number of hydrogen-bond acceptors (Lipinski definition) is 5. The Morgan fingerprint density at radius 2 is 1.65 bits per heavy atom. The second kappa shape index (κ2) is 9.68. The van der Waals surface area contributed by atoms with Gasteiger partial charge in [0.1, 0.15) is 0 Å². The zero-order valence-electron chi connectivity index (χ0n) is 13.6. The number of nitrogens with two attached hydrogens (primary N) is 1. The normalized spacial score (nSPS) is 19.6. The molecule has 5 nitrogen and oxygen atoms in total. The van der Waals surface area contributed by atoms with E-state index < -0.39 is 0 Å². The molecule has 1 rings (SSSR count). The number of hydrogen-bond donors (Lipinski definition) is 1. The van der Waals surface area contributed by atoms with Crippen molar-refractivity contribution in [2.45, 2.75) is 31.7 Å². The first-order valence-corrected chi connectivity index (χ1v) is 7.87. The van der Waals surface area contributed by atoms with E-state index in [4.69, 9.17) is 15.2 Å². The Labute approximate surface area is 124 Å². The van der Waals surface area contributed by atoms with Crippen LogP contribution in [0.3, 0.4) is 0 Å². The Bertz CT molecular complexity index is 235. The molecular formula is C15H33N3O2. The minimum atomic E-state index is 0.126. The summed E-state index contributed by atoms with van der Waals surface area (Å²) < 4.78 is 10.5. The highest BCUT2D eigenvalue weighted by Gasteiger charge is 2.38. The number of piperidine rings is 1. The number of ether oxygens (including phenoxy) is 2. The Balaban J connectivity index is 2.62. The van der Waals surface area contributed by atoms with E-state index in [1.165, 1.54) is 13.0 Å². The van der Waals surface area contributed by atoms with E-state index >= 15 is 0 Å². The van der Waals surface area contributed by atoms with Gasteiger partial charge in [-0.2, -0.15) is 0 Å². The minimum absolute atomic E-state index is 0.126. The van der Waals surface area contributed by atoms with Crippen LogP contribution in [0.2, 0.25) is 0 Å². The Morgan fingerprint density at radius 3 is 2.05 bits per heavy atom. The maximum atomic E-state index is 6.16. The smallest absolute Gasteiger partial charge is 0.0589 e. The summed E-state index contributed by atoms with van der Waals surface area (Å²) in [5.41, 5.74) is 6.29. The quantitative estimate of drug-likeness (QED) is 0.644. The van der Waals surface area contributed by atoms with Crippen LogP contribution in [0, 0.1) is 0 Å². The lowest BCUT2D eigenvalue weighted by molar-refractivity contribution is -0.00262. The SMILES string of the molecule is CCCN1CCC(CN)(N(CCOC)CCOC)CC1. The lowest BCUT2D eigenvalue weighted by atomic mass is 9.85. The van der Waals surface area contributed by atoms with Gasteiger partial charge in [0.05, 0.1) is 13.2 Å². The summed E-state index contributed by atoms with van der Waals surface area (Å²) in [6.45, 7) is 9.86. The van der Waals surface area contributed by atoms with E-state index in [0.29, 0.717) is 0 Å². The van der Waals surface area contributed by atoms with E-state index in [2.05, 4.69) is 16.7 Å². The molecular weight excluding hydrogens is 254 g/mol. The second-order valence-electron chi connectivity index (χ2n) is 5.74. The van der Waals surface area contributed by atoms with Crippen LogP contribution in [0.15, 0.2) is 0 Å². The molecule has 1 saturated heterocycles. The van der Waals surface area contributed by atoms with Gasteiger partial charge in [0.2, 0.25) is 0 Å². The number of rotatable bonds is 10. The summed E-state index contributed by atoms with van der Waals surface area (Å²) in [6.07, 6.45) is 3.53. The van der Waals surface area contributed by atoms with Crippen LogP contribution in [0.4, 0.5) is 0 Å². The van der Waals surface area contributed by atoms with Crippen LogP contribution in [0.1, 0.15) is 26.2 Å². The van der Waals surface area contributed by atoms with Gasteiger partial charge in [-0.25, -0.2) is 0 Å². The molecule has 0 bridgehead atoms. The fraction of sp³-hybridized carbons (Fsp3) is 1.00. The topological polar surface area (TPSA) is 51.0 Å². The highest BCUT2D eigenvalue weighted by molar-refractivity contribution is 4.96. The summed E-state index contributed by atoms with van der Waals surface area (Å²) in [6, 6.07) is 0. The first kappa shape index (κ1) is 17.9. The molecule has 0 unspecified atom stereocenters. The zero-order chi connectivity index (χ0) is 14.8. The third-order valence-corrected chi connectivity index (χ3v) is 4.51. The second-order valence-corrected chi connectivity index (χ2v) is 5.74. The molecule has 0 aromatic carbocycles. The van der Waals surface area contributed by atoms with Crippen LogP contribution in [-0.2, 0) is 9.47 Å². The van der Waals surface area contributed by atoms with Gasteiger partial charge in [-0.15, -0.1) is 0 Å². The predicted molar refractivity (Wildman–Crippen MR) is 83.1 cm³/mol. The van der Waals surface area contributed by atoms with Gasteiger partial charge in [-0.3, -0.25) is 4.90 Å². The number of nitrogens with zero attached hydrogens (tertiary/aromatic N) is 2. The minimum Gasteiger partial charge on any atom is -0.383 e. The first-order valence-electron chi connectivity index (χ1n) is 7.87. The van der Waals surface area contributed by atoms with Crippen LogP contribution in [-0.4, -0.2) is 82.0 Å². The van der Waals surface area contributed by atoms with Crippen molar-refractivity contribution < 1.29 is 9.47 Å². The molecule has 1 aliphatic heterocycles. The first-order chi connectivity index (χ1) is 9.72. The molecule has 1 fully saturated rings. The maximum absolute atomic E-state index is 6.16. The van der Waals surface area contributed by atoms with Crippen molar-refractivity contribution >= 4 is 0 Å². The lowest BCUT2D eigenvalue weighted by Crippen LogP contribution is -2.60. The predicted octanol–water partition coefficient (Wildman–Crippen LogP) is 0.785. The molecule has 0 radical (unpaired) electrons. The van der Waals surface area contributed by atoms with Crippen molar-refractivity contribution in [3.63, 3.8) is 0 Å². The van der Waals surface area contributed by atoms with Crippen molar-refractivity contribution in [1.82, 2.24) is 9.80 Å². The van der Waals surface area contributed by atoms with E-state index in [1.807, 2.05) is 0 Å². The average Bonchev–Trinajstić information content (AvgIpc) is 2.49.